The lowest BCUT2D eigenvalue weighted by Crippen LogP contribution is -2.02. The minimum absolute atomic E-state index is 0.322. The van der Waals surface area contributed by atoms with Crippen LogP contribution in [0.3, 0.4) is 0 Å². The normalized spacial score (nSPS) is 9.57. The Labute approximate surface area is 84.2 Å². The largest absolute Gasteiger partial charge is 0.465 e. The van der Waals surface area contributed by atoms with Crippen molar-refractivity contribution < 1.29 is 9.53 Å². The summed E-state index contributed by atoms with van der Waals surface area (Å²) in [6, 6.07) is 5.50. The highest BCUT2D eigenvalue weighted by atomic mass is 16.5. The molecular formula is C12H13O2. The van der Waals surface area contributed by atoms with Crippen molar-refractivity contribution >= 4 is 5.97 Å². The Kier molecular flexibility index (Phi) is 3.46. The van der Waals surface area contributed by atoms with Gasteiger partial charge < -0.3 is 4.74 Å². The summed E-state index contributed by atoms with van der Waals surface area (Å²) < 4.78 is 4.65. The summed E-state index contributed by atoms with van der Waals surface area (Å²) in [5.74, 6) is -0.322. The molecule has 73 valence electrons. The van der Waals surface area contributed by atoms with Gasteiger partial charge >= 0.3 is 5.97 Å². The molecule has 0 amide bonds. The fourth-order valence-electron chi connectivity index (χ4n) is 1.23. The number of carbonyl (C=O) groups excluding carboxylic acids is 1. The van der Waals surface area contributed by atoms with Crippen molar-refractivity contribution in [3.8, 4) is 0 Å². The lowest BCUT2D eigenvalue weighted by Gasteiger charge is -2.04. The number of carbonyl (C=O) groups is 1. The Morgan fingerprint density at radius 3 is 2.71 bits per heavy atom. The molecule has 0 saturated heterocycles. The minimum Gasteiger partial charge on any atom is -0.465 e. The molecule has 0 N–H and O–H groups in total. The van der Waals surface area contributed by atoms with Crippen molar-refractivity contribution in [2.45, 2.75) is 13.3 Å². The predicted molar refractivity (Wildman–Crippen MR) is 55.1 cm³/mol. The Morgan fingerprint density at radius 2 is 2.21 bits per heavy atom. The highest BCUT2D eigenvalue weighted by molar-refractivity contribution is 5.89. The summed E-state index contributed by atoms with van der Waals surface area (Å²) in [5, 5.41) is 0. The first-order valence-corrected chi connectivity index (χ1v) is 4.46. The molecule has 2 heteroatoms. The highest BCUT2D eigenvalue weighted by Crippen LogP contribution is 2.12. The standard InChI is InChI=1S/C12H13O2/c1-4-9-6-10(5-2)8-11(7-9)12(13)14-3/h6-8H,1,5H2,2-3H3. The zero-order valence-electron chi connectivity index (χ0n) is 8.46. The van der Waals surface area contributed by atoms with Gasteiger partial charge in [-0.3, -0.25) is 0 Å². The summed E-state index contributed by atoms with van der Waals surface area (Å²) >= 11 is 0. The van der Waals surface area contributed by atoms with Crippen molar-refractivity contribution in [3.05, 3.63) is 47.5 Å². The molecular weight excluding hydrogens is 176 g/mol. The molecule has 0 aromatic heterocycles. The number of rotatable bonds is 3. The molecule has 0 atom stereocenters. The van der Waals surface area contributed by atoms with Gasteiger partial charge in [0.1, 0.15) is 0 Å². The first-order valence-electron chi connectivity index (χ1n) is 4.46. The van der Waals surface area contributed by atoms with E-state index in [2.05, 4.69) is 17.4 Å². The summed E-state index contributed by atoms with van der Waals surface area (Å²) in [6.45, 7) is 5.59. The number of hydrogen-bond acceptors (Lipinski definition) is 2. The Hall–Kier alpha value is -1.57. The number of hydrogen-bond donors (Lipinski definition) is 0. The van der Waals surface area contributed by atoms with E-state index in [0.29, 0.717) is 5.56 Å². The van der Waals surface area contributed by atoms with Crippen molar-refractivity contribution in [1.29, 1.82) is 0 Å². The SMILES string of the molecule is C=[C]c1cc(CC)cc(C(=O)OC)c1. The van der Waals surface area contributed by atoms with Crippen LogP contribution in [0.15, 0.2) is 24.8 Å². The second kappa shape index (κ2) is 4.61. The number of benzene rings is 1. The van der Waals surface area contributed by atoms with Gasteiger partial charge in [-0.15, -0.1) is 0 Å². The van der Waals surface area contributed by atoms with Crippen LogP contribution in [0.1, 0.15) is 28.4 Å². The summed E-state index contributed by atoms with van der Waals surface area (Å²) in [6.07, 6.45) is 3.64. The van der Waals surface area contributed by atoms with Gasteiger partial charge in [0.05, 0.1) is 12.7 Å². The number of aryl methyl sites for hydroxylation is 1. The van der Waals surface area contributed by atoms with Crippen LogP contribution >= 0.6 is 0 Å². The third-order valence-electron chi connectivity index (χ3n) is 2.03. The first-order chi connectivity index (χ1) is 6.71. The lowest BCUT2D eigenvalue weighted by atomic mass is 10.0. The minimum atomic E-state index is -0.322. The molecule has 0 bridgehead atoms. The van der Waals surface area contributed by atoms with Crippen LogP contribution in [-0.2, 0) is 11.2 Å². The maximum Gasteiger partial charge on any atom is 0.337 e. The molecule has 14 heavy (non-hydrogen) atoms. The predicted octanol–water partition coefficient (Wildman–Crippen LogP) is 2.37. The molecule has 0 fully saturated rings. The summed E-state index contributed by atoms with van der Waals surface area (Å²) in [7, 11) is 1.37. The van der Waals surface area contributed by atoms with Crippen molar-refractivity contribution in [3.63, 3.8) is 0 Å². The number of methoxy groups -OCH3 is 1. The molecule has 0 spiro atoms. The molecule has 0 aliphatic heterocycles. The van der Waals surface area contributed by atoms with E-state index in [-0.39, 0.29) is 5.97 Å². The molecule has 1 aromatic rings. The molecule has 2 nitrogen and oxygen atoms in total. The van der Waals surface area contributed by atoms with Gasteiger partial charge in [0, 0.05) is 0 Å². The molecule has 0 unspecified atom stereocenters. The molecule has 0 aliphatic carbocycles. The zero-order chi connectivity index (χ0) is 10.6. The average molecular weight is 189 g/mol. The van der Waals surface area contributed by atoms with Gasteiger partial charge in [-0.25, -0.2) is 4.79 Å². The van der Waals surface area contributed by atoms with E-state index in [4.69, 9.17) is 0 Å². The van der Waals surface area contributed by atoms with Crippen LogP contribution < -0.4 is 0 Å². The quantitative estimate of drug-likeness (QED) is 0.682. The van der Waals surface area contributed by atoms with Crippen LogP contribution in [-0.4, -0.2) is 13.1 Å². The van der Waals surface area contributed by atoms with Gasteiger partial charge in [-0.1, -0.05) is 19.6 Å². The Morgan fingerprint density at radius 1 is 1.50 bits per heavy atom. The fraction of sp³-hybridized carbons (Fsp3) is 0.250. The van der Waals surface area contributed by atoms with E-state index >= 15 is 0 Å². The molecule has 1 rings (SSSR count). The molecule has 1 aromatic carbocycles. The number of ether oxygens (including phenoxy) is 1. The van der Waals surface area contributed by atoms with E-state index in [0.717, 1.165) is 17.5 Å². The smallest absolute Gasteiger partial charge is 0.337 e. The second-order valence-electron chi connectivity index (χ2n) is 2.94. The van der Waals surface area contributed by atoms with Gasteiger partial charge in [-0.2, -0.15) is 0 Å². The third-order valence-corrected chi connectivity index (χ3v) is 2.03. The monoisotopic (exact) mass is 189 g/mol. The zero-order valence-corrected chi connectivity index (χ0v) is 8.46. The average Bonchev–Trinajstić information content (AvgIpc) is 2.27. The second-order valence-corrected chi connectivity index (χ2v) is 2.94. The van der Waals surface area contributed by atoms with Gasteiger partial charge in [-0.05, 0) is 35.8 Å². The van der Waals surface area contributed by atoms with Crippen molar-refractivity contribution in [1.82, 2.24) is 0 Å². The van der Waals surface area contributed by atoms with Gasteiger partial charge in [0.15, 0.2) is 0 Å². The van der Waals surface area contributed by atoms with Crippen LogP contribution in [0.25, 0.3) is 0 Å². The van der Waals surface area contributed by atoms with Crippen molar-refractivity contribution in [2.24, 2.45) is 0 Å². The van der Waals surface area contributed by atoms with Crippen molar-refractivity contribution in [2.75, 3.05) is 7.11 Å². The van der Waals surface area contributed by atoms with E-state index in [1.165, 1.54) is 7.11 Å². The van der Waals surface area contributed by atoms with E-state index < -0.39 is 0 Å². The Balaban J connectivity index is 3.16. The summed E-state index contributed by atoms with van der Waals surface area (Å²) in [4.78, 5) is 11.3. The third kappa shape index (κ3) is 2.22. The molecule has 1 radical (unpaired) electrons. The van der Waals surface area contributed by atoms with Gasteiger partial charge in [0.2, 0.25) is 0 Å². The topological polar surface area (TPSA) is 26.3 Å². The van der Waals surface area contributed by atoms with Gasteiger partial charge in [0.25, 0.3) is 0 Å². The van der Waals surface area contributed by atoms with Crippen LogP contribution in [0.4, 0.5) is 0 Å². The highest BCUT2D eigenvalue weighted by Gasteiger charge is 2.06. The van der Waals surface area contributed by atoms with E-state index in [1.54, 1.807) is 6.07 Å². The fourth-order valence-corrected chi connectivity index (χ4v) is 1.23. The first kappa shape index (κ1) is 10.5. The maximum atomic E-state index is 11.3. The molecule has 0 heterocycles. The van der Waals surface area contributed by atoms with Crippen LogP contribution in [0, 0.1) is 6.08 Å². The maximum absolute atomic E-state index is 11.3. The molecule has 0 aliphatic rings. The van der Waals surface area contributed by atoms with E-state index in [9.17, 15) is 4.79 Å². The number of esters is 1. The Bertz CT molecular complexity index is 353. The van der Waals surface area contributed by atoms with Crippen LogP contribution in [0.5, 0.6) is 0 Å². The van der Waals surface area contributed by atoms with E-state index in [1.807, 2.05) is 19.1 Å². The van der Waals surface area contributed by atoms with Crippen LogP contribution in [0.2, 0.25) is 0 Å². The summed E-state index contributed by atoms with van der Waals surface area (Å²) in [5.41, 5.74) is 2.46. The molecule has 0 saturated carbocycles. The lowest BCUT2D eigenvalue weighted by molar-refractivity contribution is 0.0600.